The SMILES string of the molecule is Cn1cc(-c2nccc(NC3CC(C)(C)NC(C)(C)C3)n2)cn1. The molecule has 0 atom stereocenters. The Morgan fingerprint density at radius 3 is 2.52 bits per heavy atom. The van der Waals surface area contributed by atoms with Crippen LogP contribution >= 0.6 is 0 Å². The molecule has 0 unspecified atom stereocenters. The van der Waals surface area contributed by atoms with Crippen LogP contribution in [0.4, 0.5) is 5.82 Å². The smallest absolute Gasteiger partial charge is 0.164 e. The highest BCUT2D eigenvalue weighted by molar-refractivity contribution is 5.54. The molecule has 1 fully saturated rings. The van der Waals surface area contributed by atoms with Gasteiger partial charge in [-0.15, -0.1) is 0 Å². The van der Waals surface area contributed by atoms with E-state index < -0.39 is 0 Å². The quantitative estimate of drug-likeness (QED) is 0.911. The summed E-state index contributed by atoms with van der Waals surface area (Å²) in [5.41, 5.74) is 1.15. The van der Waals surface area contributed by atoms with Gasteiger partial charge in [0.05, 0.1) is 11.8 Å². The van der Waals surface area contributed by atoms with E-state index in [0.29, 0.717) is 11.9 Å². The van der Waals surface area contributed by atoms with Crippen molar-refractivity contribution in [2.45, 2.75) is 57.7 Å². The molecular formula is C17H26N6. The van der Waals surface area contributed by atoms with Crippen molar-refractivity contribution in [3.63, 3.8) is 0 Å². The molecule has 3 heterocycles. The number of anilines is 1. The molecule has 1 aliphatic rings. The molecule has 0 amide bonds. The first-order valence-corrected chi connectivity index (χ1v) is 8.10. The molecule has 124 valence electrons. The van der Waals surface area contributed by atoms with Gasteiger partial charge in [0.2, 0.25) is 0 Å². The highest BCUT2D eigenvalue weighted by Gasteiger charge is 2.37. The lowest BCUT2D eigenvalue weighted by Gasteiger charge is -2.46. The van der Waals surface area contributed by atoms with Crippen molar-refractivity contribution in [1.29, 1.82) is 0 Å². The third-order valence-corrected chi connectivity index (χ3v) is 4.16. The molecule has 3 rings (SSSR count). The van der Waals surface area contributed by atoms with E-state index in [4.69, 9.17) is 0 Å². The lowest BCUT2D eigenvalue weighted by Crippen LogP contribution is -2.60. The number of rotatable bonds is 3. The molecule has 0 aliphatic carbocycles. The Bertz CT molecular complexity index is 672. The number of hydrogen-bond acceptors (Lipinski definition) is 5. The summed E-state index contributed by atoms with van der Waals surface area (Å²) in [7, 11) is 1.89. The molecule has 1 aliphatic heterocycles. The lowest BCUT2D eigenvalue weighted by atomic mass is 9.79. The van der Waals surface area contributed by atoms with Gasteiger partial charge in [0.1, 0.15) is 5.82 Å². The summed E-state index contributed by atoms with van der Waals surface area (Å²) in [6.45, 7) is 9.01. The first-order valence-electron chi connectivity index (χ1n) is 8.10. The molecule has 0 bridgehead atoms. The van der Waals surface area contributed by atoms with E-state index in [-0.39, 0.29) is 11.1 Å². The minimum atomic E-state index is 0.110. The van der Waals surface area contributed by atoms with Crippen LogP contribution in [0.5, 0.6) is 0 Å². The van der Waals surface area contributed by atoms with Gasteiger partial charge in [-0.05, 0) is 46.6 Å². The number of nitrogens with one attached hydrogen (secondary N) is 2. The van der Waals surface area contributed by atoms with Crippen LogP contribution in [0.1, 0.15) is 40.5 Å². The predicted octanol–water partition coefficient (Wildman–Crippen LogP) is 2.60. The number of nitrogens with zero attached hydrogens (tertiary/aromatic N) is 4. The number of piperidine rings is 1. The van der Waals surface area contributed by atoms with E-state index in [1.807, 2.05) is 19.3 Å². The van der Waals surface area contributed by atoms with Gasteiger partial charge in [0.25, 0.3) is 0 Å². The maximum atomic E-state index is 4.65. The van der Waals surface area contributed by atoms with Crippen molar-refractivity contribution in [3.05, 3.63) is 24.7 Å². The van der Waals surface area contributed by atoms with Crippen LogP contribution in [0, 0.1) is 0 Å². The minimum Gasteiger partial charge on any atom is -0.367 e. The minimum absolute atomic E-state index is 0.110. The fourth-order valence-electron chi connectivity index (χ4n) is 3.75. The molecule has 0 radical (unpaired) electrons. The normalized spacial score (nSPS) is 20.4. The molecule has 6 nitrogen and oxygen atoms in total. The van der Waals surface area contributed by atoms with Gasteiger partial charge in [-0.2, -0.15) is 5.10 Å². The Hall–Kier alpha value is -1.95. The number of aromatic nitrogens is 4. The van der Waals surface area contributed by atoms with E-state index >= 15 is 0 Å². The van der Waals surface area contributed by atoms with Crippen molar-refractivity contribution in [2.24, 2.45) is 7.05 Å². The predicted molar refractivity (Wildman–Crippen MR) is 92.2 cm³/mol. The van der Waals surface area contributed by atoms with E-state index in [2.05, 4.69) is 53.4 Å². The fourth-order valence-corrected chi connectivity index (χ4v) is 3.75. The van der Waals surface area contributed by atoms with Gasteiger partial charge in [0, 0.05) is 36.6 Å². The molecule has 0 aromatic carbocycles. The van der Waals surface area contributed by atoms with Gasteiger partial charge >= 0.3 is 0 Å². The lowest BCUT2D eigenvalue weighted by molar-refractivity contribution is 0.170. The molecule has 1 saturated heterocycles. The average Bonchev–Trinajstić information content (AvgIpc) is 2.82. The maximum absolute atomic E-state index is 4.65. The average molecular weight is 314 g/mol. The largest absolute Gasteiger partial charge is 0.367 e. The molecule has 0 saturated carbocycles. The molecule has 2 N–H and O–H groups in total. The standard InChI is InChI=1S/C17H26N6/c1-16(2)8-13(9-17(3,4)22-16)20-14-6-7-18-15(21-14)12-10-19-23(5)11-12/h6-7,10-11,13,22H,8-9H2,1-5H3,(H,18,20,21). The van der Waals surface area contributed by atoms with Crippen molar-refractivity contribution < 1.29 is 0 Å². The molecular weight excluding hydrogens is 288 g/mol. The van der Waals surface area contributed by atoms with Crippen molar-refractivity contribution >= 4 is 5.82 Å². The van der Waals surface area contributed by atoms with Crippen molar-refractivity contribution in [3.8, 4) is 11.4 Å². The second kappa shape index (κ2) is 5.60. The van der Waals surface area contributed by atoms with E-state index in [1.165, 1.54) is 0 Å². The Kier molecular flexibility index (Phi) is 3.88. The summed E-state index contributed by atoms with van der Waals surface area (Å²) in [4.78, 5) is 9.01. The highest BCUT2D eigenvalue weighted by atomic mass is 15.2. The second-order valence-corrected chi connectivity index (χ2v) is 7.81. The summed E-state index contributed by atoms with van der Waals surface area (Å²) < 4.78 is 1.76. The van der Waals surface area contributed by atoms with E-state index in [9.17, 15) is 0 Å². The van der Waals surface area contributed by atoms with Crippen LogP contribution in [0.3, 0.4) is 0 Å². The number of aryl methyl sites for hydroxylation is 1. The van der Waals surface area contributed by atoms with Crippen LogP contribution in [-0.2, 0) is 7.05 Å². The van der Waals surface area contributed by atoms with E-state index in [1.54, 1.807) is 17.1 Å². The summed E-state index contributed by atoms with van der Waals surface area (Å²) in [6, 6.07) is 2.32. The van der Waals surface area contributed by atoms with Gasteiger partial charge < -0.3 is 10.6 Å². The van der Waals surface area contributed by atoms with Gasteiger partial charge in [-0.1, -0.05) is 0 Å². The van der Waals surface area contributed by atoms with E-state index in [0.717, 1.165) is 24.2 Å². The first kappa shape index (κ1) is 15.9. The monoisotopic (exact) mass is 314 g/mol. The van der Waals surface area contributed by atoms with Gasteiger partial charge in [0.15, 0.2) is 5.82 Å². The maximum Gasteiger partial charge on any atom is 0.164 e. The summed E-state index contributed by atoms with van der Waals surface area (Å²) in [5, 5.41) is 11.5. The Morgan fingerprint density at radius 1 is 1.22 bits per heavy atom. The highest BCUT2D eigenvalue weighted by Crippen LogP contribution is 2.30. The summed E-state index contributed by atoms with van der Waals surface area (Å²) in [5.74, 6) is 1.58. The summed E-state index contributed by atoms with van der Waals surface area (Å²) in [6.07, 6.45) is 7.63. The molecule has 2 aromatic rings. The fraction of sp³-hybridized carbons (Fsp3) is 0.588. The zero-order chi connectivity index (χ0) is 16.7. The summed E-state index contributed by atoms with van der Waals surface area (Å²) >= 11 is 0. The first-order chi connectivity index (χ1) is 10.7. The van der Waals surface area contributed by atoms with Crippen molar-refractivity contribution in [1.82, 2.24) is 25.1 Å². The van der Waals surface area contributed by atoms with Crippen molar-refractivity contribution in [2.75, 3.05) is 5.32 Å². The third kappa shape index (κ3) is 3.88. The molecule has 2 aromatic heterocycles. The van der Waals surface area contributed by atoms with Crippen LogP contribution in [0.15, 0.2) is 24.7 Å². The van der Waals surface area contributed by atoms with Crippen LogP contribution in [0.2, 0.25) is 0 Å². The molecule has 6 heteroatoms. The zero-order valence-corrected chi connectivity index (χ0v) is 14.6. The van der Waals surface area contributed by atoms with Gasteiger partial charge in [-0.25, -0.2) is 9.97 Å². The zero-order valence-electron chi connectivity index (χ0n) is 14.6. The second-order valence-electron chi connectivity index (χ2n) is 7.81. The van der Waals surface area contributed by atoms with Crippen LogP contribution < -0.4 is 10.6 Å². The van der Waals surface area contributed by atoms with Crippen LogP contribution in [0.25, 0.3) is 11.4 Å². The molecule has 0 spiro atoms. The van der Waals surface area contributed by atoms with Gasteiger partial charge in [-0.3, -0.25) is 4.68 Å². The Morgan fingerprint density at radius 2 is 1.91 bits per heavy atom. The Balaban J connectivity index is 1.78. The Labute approximate surface area is 137 Å². The third-order valence-electron chi connectivity index (χ3n) is 4.16. The van der Waals surface area contributed by atoms with Crippen LogP contribution in [-0.4, -0.2) is 36.9 Å². The molecule has 23 heavy (non-hydrogen) atoms. The number of hydrogen-bond donors (Lipinski definition) is 2. The topological polar surface area (TPSA) is 67.7 Å².